The van der Waals surface area contributed by atoms with Crippen LogP contribution in [0, 0.1) is 5.82 Å². The van der Waals surface area contributed by atoms with Crippen LogP contribution in [0.15, 0.2) is 18.2 Å². The lowest BCUT2D eigenvalue weighted by Gasteiger charge is -2.34. The number of nitrogens with one attached hydrogen (secondary N) is 1. The zero-order valence-corrected chi connectivity index (χ0v) is 13.6. The molecule has 1 fully saturated rings. The molecule has 0 aromatic heterocycles. The van der Waals surface area contributed by atoms with E-state index >= 15 is 0 Å². The number of benzene rings is 1. The molecule has 0 radical (unpaired) electrons. The molecule has 1 saturated heterocycles. The molecule has 0 aliphatic carbocycles. The molecular formula is C17H27FN2O. The first-order valence-corrected chi connectivity index (χ1v) is 7.71. The smallest absolute Gasteiger partial charge is 0.123 e. The topological polar surface area (TPSA) is 24.5 Å². The lowest BCUT2D eigenvalue weighted by Crippen LogP contribution is -2.38. The van der Waals surface area contributed by atoms with Crippen LogP contribution in [0.2, 0.25) is 0 Å². The fourth-order valence-corrected chi connectivity index (χ4v) is 2.67. The highest BCUT2D eigenvalue weighted by Crippen LogP contribution is 2.26. The molecule has 0 spiro atoms. The molecule has 0 atom stereocenters. The summed E-state index contributed by atoms with van der Waals surface area (Å²) in [5.74, 6) is -0.176. The summed E-state index contributed by atoms with van der Waals surface area (Å²) in [6.07, 6.45) is 2.06. The molecule has 0 bridgehead atoms. The van der Waals surface area contributed by atoms with E-state index in [2.05, 4.69) is 38.0 Å². The Labute approximate surface area is 127 Å². The van der Waals surface area contributed by atoms with Crippen molar-refractivity contribution in [3.63, 3.8) is 0 Å². The van der Waals surface area contributed by atoms with Crippen LogP contribution in [-0.4, -0.2) is 31.8 Å². The van der Waals surface area contributed by atoms with Crippen molar-refractivity contribution in [2.24, 2.45) is 0 Å². The quantitative estimate of drug-likeness (QED) is 0.922. The maximum atomic E-state index is 13.6. The SMILES string of the molecule is CN(c1ccc(F)cc1CNC(C)(C)C)C1CCOCC1. The zero-order chi connectivity index (χ0) is 15.5. The first kappa shape index (κ1) is 16.2. The Kier molecular flexibility index (Phi) is 5.22. The number of anilines is 1. The van der Waals surface area contributed by atoms with E-state index in [4.69, 9.17) is 4.74 Å². The van der Waals surface area contributed by atoms with Gasteiger partial charge in [0, 0.05) is 44.1 Å². The van der Waals surface area contributed by atoms with Crippen LogP contribution in [0.25, 0.3) is 0 Å². The van der Waals surface area contributed by atoms with E-state index in [1.54, 1.807) is 12.1 Å². The number of hydrogen-bond donors (Lipinski definition) is 1. The van der Waals surface area contributed by atoms with Gasteiger partial charge in [0.25, 0.3) is 0 Å². The third-order valence-electron chi connectivity index (χ3n) is 3.97. The lowest BCUT2D eigenvalue weighted by atomic mass is 10.0. The highest BCUT2D eigenvalue weighted by Gasteiger charge is 2.21. The summed E-state index contributed by atoms with van der Waals surface area (Å²) in [4.78, 5) is 2.28. The van der Waals surface area contributed by atoms with Gasteiger partial charge in [-0.15, -0.1) is 0 Å². The summed E-state index contributed by atoms with van der Waals surface area (Å²) in [6.45, 7) is 8.65. The van der Waals surface area contributed by atoms with Gasteiger partial charge in [-0.3, -0.25) is 0 Å². The summed E-state index contributed by atoms with van der Waals surface area (Å²) in [6, 6.07) is 5.55. The molecule has 1 aromatic rings. The first-order valence-electron chi connectivity index (χ1n) is 7.71. The molecule has 1 aromatic carbocycles. The maximum Gasteiger partial charge on any atom is 0.123 e. The van der Waals surface area contributed by atoms with Crippen LogP contribution < -0.4 is 10.2 Å². The second-order valence-electron chi connectivity index (χ2n) is 6.83. The Hall–Kier alpha value is -1.13. The Morgan fingerprint density at radius 1 is 1.29 bits per heavy atom. The fraction of sp³-hybridized carbons (Fsp3) is 0.647. The Morgan fingerprint density at radius 3 is 2.57 bits per heavy atom. The van der Waals surface area contributed by atoms with Crippen molar-refractivity contribution in [3.8, 4) is 0 Å². The van der Waals surface area contributed by atoms with Gasteiger partial charge in [0.2, 0.25) is 0 Å². The van der Waals surface area contributed by atoms with Crippen molar-refractivity contribution < 1.29 is 9.13 Å². The Morgan fingerprint density at radius 2 is 1.95 bits per heavy atom. The van der Waals surface area contributed by atoms with Crippen molar-refractivity contribution in [2.45, 2.75) is 51.7 Å². The van der Waals surface area contributed by atoms with Gasteiger partial charge >= 0.3 is 0 Å². The molecule has 0 saturated carbocycles. The molecule has 1 aliphatic heterocycles. The van der Waals surface area contributed by atoms with Crippen LogP contribution in [0.1, 0.15) is 39.2 Å². The Balaban J connectivity index is 2.17. The second kappa shape index (κ2) is 6.75. The number of halogens is 1. The number of ether oxygens (including phenoxy) is 1. The number of nitrogens with zero attached hydrogens (tertiary/aromatic N) is 1. The monoisotopic (exact) mass is 294 g/mol. The molecule has 118 valence electrons. The van der Waals surface area contributed by atoms with Gasteiger partial charge < -0.3 is 15.0 Å². The molecule has 4 heteroatoms. The largest absolute Gasteiger partial charge is 0.381 e. The molecular weight excluding hydrogens is 267 g/mol. The third kappa shape index (κ3) is 4.68. The first-order chi connectivity index (χ1) is 9.87. The minimum Gasteiger partial charge on any atom is -0.381 e. The average Bonchev–Trinajstić information content (AvgIpc) is 2.45. The minimum atomic E-state index is -0.176. The summed E-state index contributed by atoms with van der Waals surface area (Å²) in [5.41, 5.74) is 2.14. The van der Waals surface area contributed by atoms with Crippen LogP contribution in [0.5, 0.6) is 0 Å². The predicted molar refractivity (Wildman–Crippen MR) is 85.2 cm³/mol. The zero-order valence-electron chi connectivity index (χ0n) is 13.6. The van der Waals surface area contributed by atoms with E-state index in [9.17, 15) is 4.39 Å². The van der Waals surface area contributed by atoms with Crippen LogP contribution >= 0.6 is 0 Å². The summed E-state index contributed by atoms with van der Waals surface area (Å²) < 4.78 is 19.0. The van der Waals surface area contributed by atoms with Gasteiger partial charge in [0.15, 0.2) is 0 Å². The van der Waals surface area contributed by atoms with E-state index in [-0.39, 0.29) is 11.4 Å². The normalized spacial score (nSPS) is 17.0. The third-order valence-corrected chi connectivity index (χ3v) is 3.97. The van der Waals surface area contributed by atoms with E-state index < -0.39 is 0 Å². The highest BCUT2D eigenvalue weighted by atomic mass is 19.1. The maximum absolute atomic E-state index is 13.6. The number of rotatable bonds is 4. The summed E-state index contributed by atoms with van der Waals surface area (Å²) in [5, 5.41) is 3.45. The van der Waals surface area contributed by atoms with Crippen molar-refractivity contribution >= 4 is 5.69 Å². The standard InChI is InChI=1S/C17H27FN2O/c1-17(2,3)19-12-13-11-14(18)5-6-16(13)20(4)15-7-9-21-10-8-15/h5-6,11,15,19H,7-10,12H2,1-4H3. The molecule has 2 rings (SSSR count). The van der Waals surface area contributed by atoms with E-state index in [1.807, 2.05) is 6.07 Å². The van der Waals surface area contributed by atoms with E-state index in [1.165, 1.54) is 0 Å². The second-order valence-corrected chi connectivity index (χ2v) is 6.83. The number of hydrogen-bond acceptors (Lipinski definition) is 3. The lowest BCUT2D eigenvalue weighted by molar-refractivity contribution is 0.0854. The molecule has 21 heavy (non-hydrogen) atoms. The summed E-state index contributed by atoms with van der Waals surface area (Å²) in [7, 11) is 2.10. The van der Waals surface area contributed by atoms with Crippen LogP contribution in [-0.2, 0) is 11.3 Å². The summed E-state index contributed by atoms with van der Waals surface area (Å²) >= 11 is 0. The molecule has 1 aliphatic rings. The predicted octanol–water partition coefficient (Wildman–Crippen LogP) is 3.33. The van der Waals surface area contributed by atoms with E-state index in [0.29, 0.717) is 12.6 Å². The molecule has 0 amide bonds. The van der Waals surface area contributed by atoms with Gasteiger partial charge in [0.1, 0.15) is 5.82 Å². The van der Waals surface area contributed by atoms with Gasteiger partial charge in [-0.2, -0.15) is 0 Å². The fourth-order valence-electron chi connectivity index (χ4n) is 2.67. The Bertz CT molecular complexity index is 464. The highest BCUT2D eigenvalue weighted by molar-refractivity contribution is 5.54. The molecule has 0 unspecified atom stereocenters. The van der Waals surface area contributed by atoms with E-state index in [0.717, 1.165) is 37.3 Å². The average molecular weight is 294 g/mol. The van der Waals surface area contributed by atoms with Crippen LogP contribution in [0.4, 0.5) is 10.1 Å². The van der Waals surface area contributed by atoms with Gasteiger partial charge in [-0.25, -0.2) is 4.39 Å². The molecule has 3 nitrogen and oxygen atoms in total. The van der Waals surface area contributed by atoms with Crippen molar-refractivity contribution in [2.75, 3.05) is 25.2 Å². The molecule has 1 N–H and O–H groups in total. The van der Waals surface area contributed by atoms with Crippen molar-refractivity contribution in [1.29, 1.82) is 0 Å². The van der Waals surface area contributed by atoms with Crippen molar-refractivity contribution in [3.05, 3.63) is 29.6 Å². The molecule has 1 heterocycles. The van der Waals surface area contributed by atoms with Crippen molar-refractivity contribution in [1.82, 2.24) is 5.32 Å². The minimum absolute atomic E-state index is 0.0147. The van der Waals surface area contributed by atoms with Crippen LogP contribution in [0.3, 0.4) is 0 Å². The van der Waals surface area contributed by atoms with Gasteiger partial charge in [0.05, 0.1) is 0 Å². The van der Waals surface area contributed by atoms with Gasteiger partial charge in [-0.1, -0.05) is 0 Å². The van der Waals surface area contributed by atoms with Gasteiger partial charge in [-0.05, 0) is 57.4 Å².